The number of likely N-dealkylation sites (N-methyl/N-ethyl adjacent to an activating group) is 1. The molecule has 23 heavy (non-hydrogen) atoms. The zero-order valence-corrected chi connectivity index (χ0v) is 14.3. The van der Waals surface area contributed by atoms with Crippen LogP contribution in [0.15, 0.2) is 24.4 Å². The van der Waals surface area contributed by atoms with Crippen LogP contribution in [0, 0.1) is 0 Å². The number of hydrogen-bond acceptors (Lipinski definition) is 5. The zero-order chi connectivity index (χ0) is 17.3. The molecule has 1 heterocycles. The largest absolute Gasteiger partial charge is 0.536 e. The normalized spacial score (nSPS) is 15.0. The summed E-state index contributed by atoms with van der Waals surface area (Å²) in [5.41, 5.74) is 1.52. The Labute approximate surface area is 132 Å². The number of aromatic nitrogens is 1. The van der Waals surface area contributed by atoms with Gasteiger partial charge >= 0.3 is 15.6 Å². The van der Waals surface area contributed by atoms with Crippen LogP contribution in [0.5, 0.6) is 5.75 Å². The molecule has 1 atom stereocenters. The van der Waals surface area contributed by atoms with Gasteiger partial charge in [-0.25, -0.2) is 9.13 Å². The minimum absolute atomic E-state index is 0.0109. The van der Waals surface area contributed by atoms with Gasteiger partial charge in [-0.2, -0.15) is 4.31 Å². The topological polar surface area (TPSA) is 132 Å². The molecule has 0 bridgehead atoms. The lowest BCUT2D eigenvalue weighted by Gasteiger charge is -2.15. The van der Waals surface area contributed by atoms with Crippen LogP contribution >= 0.6 is 15.6 Å². The van der Waals surface area contributed by atoms with E-state index in [2.05, 4.69) is 9.29 Å². The Morgan fingerprint density at radius 1 is 1.22 bits per heavy atom. The molecule has 1 aromatic carbocycles. The van der Waals surface area contributed by atoms with Crippen LogP contribution in [0.2, 0.25) is 0 Å². The summed E-state index contributed by atoms with van der Waals surface area (Å²) in [7, 11) is -6.28. The molecule has 9 nitrogen and oxygen atoms in total. The molecule has 4 N–H and O–H groups in total. The van der Waals surface area contributed by atoms with Crippen molar-refractivity contribution >= 4 is 26.5 Å². The SMILES string of the molecule is CN(C)CCc1c[nH]c2cccc(OP(=O)(O)OP(=O)(O)O)c12. The second kappa shape index (κ2) is 6.75. The van der Waals surface area contributed by atoms with Crippen LogP contribution in [0.25, 0.3) is 10.9 Å². The summed E-state index contributed by atoms with van der Waals surface area (Å²) in [6, 6.07) is 4.77. The van der Waals surface area contributed by atoms with E-state index in [4.69, 9.17) is 14.3 Å². The number of benzene rings is 1. The molecule has 0 aliphatic heterocycles. The number of fused-ring (bicyclic) bond motifs is 1. The lowest BCUT2D eigenvalue weighted by Crippen LogP contribution is -2.14. The van der Waals surface area contributed by atoms with E-state index in [0.717, 1.165) is 12.1 Å². The fourth-order valence-electron chi connectivity index (χ4n) is 2.11. The highest BCUT2D eigenvalue weighted by atomic mass is 31.3. The Bertz CT molecular complexity index is 783. The smallest absolute Gasteiger partial charge is 0.403 e. The van der Waals surface area contributed by atoms with Crippen molar-refractivity contribution in [3.05, 3.63) is 30.0 Å². The highest BCUT2D eigenvalue weighted by Crippen LogP contribution is 2.57. The van der Waals surface area contributed by atoms with Gasteiger partial charge in [-0.15, -0.1) is 0 Å². The molecule has 0 spiro atoms. The molecule has 0 aliphatic rings. The van der Waals surface area contributed by atoms with Crippen LogP contribution < -0.4 is 4.52 Å². The van der Waals surface area contributed by atoms with E-state index in [1.165, 1.54) is 6.07 Å². The maximum atomic E-state index is 11.7. The van der Waals surface area contributed by atoms with E-state index >= 15 is 0 Å². The summed E-state index contributed by atoms with van der Waals surface area (Å²) >= 11 is 0. The monoisotopic (exact) mass is 364 g/mol. The van der Waals surface area contributed by atoms with Crippen LogP contribution in [0.4, 0.5) is 0 Å². The molecule has 0 amide bonds. The van der Waals surface area contributed by atoms with Gasteiger partial charge in [-0.1, -0.05) is 6.07 Å². The fourth-order valence-corrected chi connectivity index (χ4v) is 3.72. The average Bonchev–Trinajstić information content (AvgIpc) is 2.77. The Balaban J connectivity index is 2.35. The first kappa shape index (κ1) is 18.2. The van der Waals surface area contributed by atoms with Gasteiger partial charge in [0, 0.05) is 23.6 Å². The Hall–Kier alpha value is -1.18. The summed E-state index contributed by atoms with van der Waals surface area (Å²) in [5, 5.41) is 0.568. The third kappa shape index (κ3) is 5.16. The number of rotatable bonds is 7. The second-order valence-electron chi connectivity index (χ2n) is 5.18. The van der Waals surface area contributed by atoms with Crippen LogP contribution in [-0.4, -0.2) is 45.2 Å². The van der Waals surface area contributed by atoms with Crippen LogP contribution in [-0.2, 0) is 19.9 Å². The maximum Gasteiger partial charge on any atom is 0.536 e. The number of phosphoric ester groups is 1. The number of nitrogens with one attached hydrogen (secondary N) is 1. The lowest BCUT2D eigenvalue weighted by molar-refractivity contribution is 0.230. The van der Waals surface area contributed by atoms with Crippen molar-refractivity contribution in [2.45, 2.75) is 6.42 Å². The van der Waals surface area contributed by atoms with E-state index < -0.39 is 15.6 Å². The van der Waals surface area contributed by atoms with Crippen molar-refractivity contribution in [3.63, 3.8) is 0 Å². The van der Waals surface area contributed by atoms with Gasteiger partial charge in [0.2, 0.25) is 0 Å². The maximum absolute atomic E-state index is 11.7. The Morgan fingerprint density at radius 2 is 1.91 bits per heavy atom. The van der Waals surface area contributed by atoms with Crippen LogP contribution in [0.1, 0.15) is 5.56 Å². The predicted molar refractivity (Wildman–Crippen MR) is 84.1 cm³/mol. The molecule has 0 fully saturated rings. The Kier molecular flexibility index (Phi) is 5.33. The van der Waals surface area contributed by atoms with Gasteiger partial charge in [-0.3, -0.25) is 4.89 Å². The van der Waals surface area contributed by atoms with Crippen molar-refractivity contribution in [1.29, 1.82) is 0 Å². The summed E-state index contributed by atoms with van der Waals surface area (Å²) in [6.45, 7) is 0.747. The number of phosphoric acid groups is 2. The Morgan fingerprint density at radius 3 is 2.52 bits per heavy atom. The highest BCUT2D eigenvalue weighted by molar-refractivity contribution is 7.60. The molecule has 0 saturated carbocycles. The van der Waals surface area contributed by atoms with E-state index in [-0.39, 0.29) is 5.75 Å². The molecule has 2 rings (SSSR count). The third-order valence-electron chi connectivity index (χ3n) is 3.00. The van der Waals surface area contributed by atoms with Gasteiger partial charge in [0.05, 0.1) is 0 Å². The minimum Gasteiger partial charge on any atom is -0.403 e. The van der Waals surface area contributed by atoms with Crippen molar-refractivity contribution in [2.75, 3.05) is 20.6 Å². The van der Waals surface area contributed by atoms with E-state index in [1.807, 2.05) is 19.0 Å². The standard InChI is InChI=1S/C12H18N2O7P2/c1-14(2)7-6-9-8-13-10-4-3-5-11(12(9)10)20-23(18,19)21-22(15,16)17/h3-5,8,13H,6-7H2,1-2H3,(H,18,19)(H2,15,16,17). The summed E-state index contributed by atoms with van der Waals surface area (Å²) in [6.07, 6.45) is 2.41. The average molecular weight is 364 g/mol. The number of H-pyrrole nitrogens is 1. The zero-order valence-electron chi connectivity index (χ0n) is 12.5. The van der Waals surface area contributed by atoms with Gasteiger partial charge in [0.15, 0.2) is 0 Å². The molecule has 128 valence electrons. The molecule has 1 aromatic heterocycles. The summed E-state index contributed by atoms with van der Waals surface area (Å²) < 4.78 is 31.2. The highest BCUT2D eigenvalue weighted by Gasteiger charge is 2.34. The summed E-state index contributed by atoms with van der Waals surface area (Å²) in [4.78, 5) is 31.9. The molecule has 0 radical (unpaired) electrons. The lowest BCUT2D eigenvalue weighted by atomic mass is 10.1. The first-order valence-electron chi connectivity index (χ1n) is 6.60. The minimum atomic E-state index is -5.16. The molecule has 11 heteroatoms. The molecule has 0 aliphatic carbocycles. The van der Waals surface area contributed by atoms with Crippen LogP contribution in [0.3, 0.4) is 0 Å². The number of hydrogen-bond donors (Lipinski definition) is 4. The van der Waals surface area contributed by atoms with Crippen molar-refractivity contribution < 1.29 is 32.6 Å². The van der Waals surface area contributed by atoms with Crippen molar-refractivity contribution in [3.8, 4) is 5.75 Å². The van der Waals surface area contributed by atoms with E-state index in [9.17, 15) is 14.0 Å². The van der Waals surface area contributed by atoms with Gasteiger partial charge in [0.1, 0.15) is 5.75 Å². The summed E-state index contributed by atoms with van der Waals surface area (Å²) in [5.74, 6) is 0.0109. The van der Waals surface area contributed by atoms with Gasteiger partial charge < -0.3 is 24.2 Å². The quantitative estimate of drug-likeness (QED) is 0.547. The van der Waals surface area contributed by atoms with E-state index in [0.29, 0.717) is 17.3 Å². The molecule has 0 saturated heterocycles. The van der Waals surface area contributed by atoms with Gasteiger partial charge in [0.25, 0.3) is 0 Å². The first-order chi connectivity index (χ1) is 10.6. The van der Waals surface area contributed by atoms with E-state index in [1.54, 1.807) is 18.3 Å². The fraction of sp³-hybridized carbons (Fsp3) is 0.333. The van der Waals surface area contributed by atoms with Gasteiger partial charge in [-0.05, 0) is 38.2 Å². The molecular formula is C12H18N2O7P2. The molecular weight excluding hydrogens is 346 g/mol. The first-order valence-corrected chi connectivity index (χ1v) is 9.63. The van der Waals surface area contributed by atoms with Crippen molar-refractivity contribution in [1.82, 2.24) is 9.88 Å². The second-order valence-corrected chi connectivity index (χ2v) is 7.93. The third-order valence-corrected chi connectivity index (χ3v) is 5.10. The predicted octanol–water partition coefficient (Wildman–Crippen LogP) is 1.86. The molecule has 2 aromatic rings. The number of nitrogens with zero attached hydrogens (tertiary/aromatic N) is 1. The van der Waals surface area contributed by atoms with Crippen molar-refractivity contribution in [2.24, 2.45) is 0 Å². The number of aromatic amines is 1. The molecule has 1 unspecified atom stereocenters.